The topological polar surface area (TPSA) is 29.5 Å². The van der Waals surface area contributed by atoms with Crippen LogP contribution < -0.4 is 0 Å². The molecule has 1 aromatic carbocycles. The average Bonchev–Trinajstić information content (AvgIpc) is 2.54. The third-order valence-electron chi connectivity index (χ3n) is 5.03. The molecule has 1 aliphatic carbocycles. The number of ether oxygens (including phenoxy) is 1. The zero-order valence-corrected chi connectivity index (χ0v) is 15.3. The number of benzene rings is 1. The number of fused-ring (bicyclic) bond motifs is 1. The van der Waals surface area contributed by atoms with Gasteiger partial charge in [0.25, 0.3) is 0 Å². The van der Waals surface area contributed by atoms with Gasteiger partial charge in [-0.1, -0.05) is 43.5 Å². The molecule has 0 N–H and O–H groups in total. The van der Waals surface area contributed by atoms with Gasteiger partial charge in [0.1, 0.15) is 5.60 Å². The van der Waals surface area contributed by atoms with E-state index in [2.05, 4.69) is 31.2 Å². The molecule has 1 aromatic rings. The lowest BCUT2D eigenvalue weighted by Crippen LogP contribution is -2.41. The lowest BCUT2D eigenvalue weighted by molar-refractivity contribution is 0.0219. The summed E-state index contributed by atoms with van der Waals surface area (Å²) in [6, 6.07) is 8.40. The molecule has 0 bridgehead atoms. The lowest BCUT2D eigenvalue weighted by atomic mass is 9.82. The van der Waals surface area contributed by atoms with Crippen LogP contribution in [0.3, 0.4) is 0 Å². The summed E-state index contributed by atoms with van der Waals surface area (Å²) in [6.07, 6.45) is 8.14. The Labute approximate surface area is 145 Å². The van der Waals surface area contributed by atoms with Crippen LogP contribution in [-0.4, -0.2) is 16.6 Å². The van der Waals surface area contributed by atoms with Crippen molar-refractivity contribution in [3.05, 3.63) is 41.1 Å². The van der Waals surface area contributed by atoms with Gasteiger partial charge in [-0.3, -0.25) is 4.90 Å². The van der Waals surface area contributed by atoms with Gasteiger partial charge < -0.3 is 4.74 Å². The molecule has 0 aromatic heterocycles. The van der Waals surface area contributed by atoms with E-state index in [0.29, 0.717) is 5.92 Å². The van der Waals surface area contributed by atoms with Gasteiger partial charge in [-0.2, -0.15) is 0 Å². The second-order valence-electron chi connectivity index (χ2n) is 8.06. The van der Waals surface area contributed by atoms with E-state index < -0.39 is 5.60 Å². The monoisotopic (exact) mass is 327 g/mol. The van der Waals surface area contributed by atoms with Gasteiger partial charge in [-0.25, -0.2) is 4.79 Å². The van der Waals surface area contributed by atoms with Gasteiger partial charge in [0.2, 0.25) is 0 Å². The van der Waals surface area contributed by atoms with Crippen LogP contribution in [-0.2, 0) is 4.74 Å². The Hall–Kier alpha value is -1.77. The summed E-state index contributed by atoms with van der Waals surface area (Å²) in [5, 5.41) is 0. The van der Waals surface area contributed by atoms with E-state index in [1.165, 1.54) is 43.2 Å². The van der Waals surface area contributed by atoms with Crippen molar-refractivity contribution in [1.29, 1.82) is 0 Å². The minimum atomic E-state index is -0.481. The molecule has 1 atom stereocenters. The number of carbonyl (C=O) groups is 1. The molecule has 2 aliphatic rings. The summed E-state index contributed by atoms with van der Waals surface area (Å²) in [5.41, 5.74) is 3.11. The second-order valence-corrected chi connectivity index (χ2v) is 8.06. The summed E-state index contributed by atoms with van der Waals surface area (Å²) >= 11 is 0. The fourth-order valence-electron chi connectivity index (χ4n) is 3.90. The molecule has 1 amide bonds. The molecule has 1 heterocycles. The van der Waals surface area contributed by atoms with Crippen molar-refractivity contribution >= 4 is 12.2 Å². The molecule has 3 heteroatoms. The Kier molecular flexibility index (Phi) is 4.71. The van der Waals surface area contributed by atoms with Crippen LogP contribution in [0.4, 0.5) is 4.79 Å². The predicted octanol–water partition coefficient (Wildman–Crippen LogP) is 5.92. The third-order valence-corrected chi connectivity index (χ3v) is 5.03. The number of rotatable bonds is 1. The number of nitrogens with zero attached hydrogens (tertiary/aromatic N) is 1. The summed E-state index contributed by atoms with van der Waals surface area (Å²) in [5.74, 6) is 0.460. The van der Waals surface area contributed by atoms with E-state index in [0.717, 1.165) is 5.70 Å². The smallest absolute Gasteiger partial charge is 0.415 e. The molecule has 1 fully saturated rings. The van der Waals surface area contributed by atoms with Crippen molar-refractivity contribution in [2.75, 3.05) is 0 Å². The van der Waals surface area contributed by atoms with Crippen molar-refractivity contribution < 1.29 is 9.53 Å². The largest absolute Gasteiger partial charge is 0.443 e. The maximum absolute atomic E-state index is 12.9. The first-order valence-electron chi connectivity index (χ1n) is 9.19. The highest BCUT2D eigenvalue weighted by atomic mass is 16.6. The molecule has 3 nitrogen and oxygen atoms in total. The van der Waals surface area contributed by atoms with Gasteiger partial charge >= 0.3 is 6.09 Å². The molecule has 1 saturated carbocycles. The molecule has 0 saturated heterocycles. The van der Waals surface area contributed by atoms with Gasteiger partial charge in [0, 0.05) is 5.70 Å². The third kappa shape index (κ3) is 3.50. The Morgan fingerprint density at radius 1 is 1.12 bits per heavy atom. The molecule has 3 rings (SSSR count). The maximum atomic E-state index is 12.9. The highest BCUT2D eigenvalue weighted by Gasteiger charge is 2.36. The van der Waals surface area contributed by atoms with Crippen LogP contribution in [0.5, 0.6) is 0 Å². The first kappa shape index (κ1) is 17.1. The van der Waals surface area contributed by atoms with E-state index in [1.807, 2.05) is 31.7 Å². The molecule has 0 spiro atoms. The van der Waals surface area contributed by atoms with Crippen LogP contribution >= 0.6 is 0 Å². The summed E-state index contributed by atoms with van der Waals surface area (Å²) in [7, 11) is 0. The quantitative estimate of drug-likeness (QED) is 0.641. The molecule has 1 aliphatic heterocycles. The number of hydrogen-bond acceptors (Lipinski definition) is 2. The molecule has 1 unspecified atom stereocenters. The molecule has 130 valence electrons. The number of amides is 1. The van der Waals surface area contributed by atoms with Crippen molar-refractivity contribution in [3.8, 4) is 0 Å². The van der Waals surface area contributed by atoms with E-state index >= 15 is 0 Å². The molecular formula is C21H29NO2. The van der Waals surface area contributed by atoms with Crippen molar-refractivity contribution in [2.45, 2.75) is 71.4 Å². The van der Waals surface area contributed by atoms with E-state index in [1.54, 1.807) is 0 Å². The Morgan fingerprint density at radius 3 is 2.46 bits per heavy atom. The normalized spacial score (nSPS) is 21.9. The van der Waals surface area contributed by atoms with Crippen LogP contribution in [0, 0.1) is 5.92 Å². The first-order chi connectivity index (χ1) is 11.4. The Balaban J connectivity index is 1.99. The fraction of sp³-hybridized carbons (Fsp3) is 0.571. The second kappa shape index (κ2) is 6.62. The zero-order valence-electron chi connectivity index (χ0n) is 15.3. The van der Waals surface area contributed by atoms with Crippen LogP contribution in [0.15, 0.2) is 30.0 Å². The van der Waals surface area contributed by atoms with Gasteiger partial charge in [0.15, 0.2) is 0 Å². The van der Waals surface area contributed by atoms with E-state index in [9.17, 15) is 4.79 Å². The Bertz CT molecular complexity index is 635. The average molecular weight is 327 g/mol. The first-order valence-corrected chi connectivity index (χ1v) is 9.19. The predicted molar refractivity (Wildman–Crippen MR) is 97.5 cm³/mol. The summed E-state index contributed by atoms with van der Waals surface area (Å²) in [6.45, 7) is 7.89. The van der Waals surface area contributed by atoms with Crippen LogP contribution in [0.2, 0.25) is 0 Å². The fourth-order valence-corrected chi connectivity index (χ4v) is 3.90. The van der Waals surface area contributed by atoms with Crippen LogP contribution in [0.1, 0.15) is 77.0 Å². The number of carbonyl (C=O) groups excluding carboxylic acids is 1. The standard InChI is InChI=1S/C21H29NO2/c1-15-18-13-9-8-12-17(18)14-19(16-10-6-5-7-11-16)22(15)20(23)24-21(2,3)4/h8-9,12-16H,5-7,10-11H2,1-4H3. The van der Waals surface area contributed by atoms with Crippen LogP contribution in [0.25, 0.3) is 6.08 Å². The van der Waals surface area contributed by atoms with Crippen molar-refractivity contribution in [3.63, 3.8) is 0 Å². The van der Waals surface area contributed by atoms with E-state index in [4.69, 9.17) is 4.74 Å². The SMILES string of the molecule is CC1c2ccccc2C=C(C2CCCCC2)N1C(=O)OC(C)(C)C. The molecule has 0 radical (unpaired) electrons. The lowest BCUT2D eigenvalue weighted by Gasteiger charge is -2.40. The summed E-state index contributed by atoms with van der Waals surface area (Å²) in [4.78, 5) is 14.9. The van der Waals surface area contributed by atoms with Gasteiger partial charge in [0.05, 0.1) is 6.04 Å². The molecule has 24 heavy (non-hydrogen) atoms. The number of hydrogen-bond donors (Lipinski definition) is 0. The van der Waals surface area contributed by atoms with Gasteiger partial charge in [-0.05, 0) is 63.7 Å². The summed E-state index contributed by atoms with van der Waals surface area (Å²) < 4.78 is 5.73. The van der Waals surface area contributed by atoms with E-state index in [-0.39, 0.29) is 12.1 Å². The Morgan fingerprint density at radius 2 is 1.79 bits per heavy atom. The highest BCUT2D eigenvalue weighted by molar-refractivity contribution is 5.76. The van der Waals surface area contributed by atoms with Crippen molar-refractivity contribution in [1.82, 2.24) is 4.90 Å². The minimum absolute atomic E-state index is 0.0120. The highest BCUT2D eigenvalue weighted by Crippen LogP contribution is 2.41. The zero-order chi connectivity index (χ0) is 17.3. The van der Waals surface area contributed by atoms with Gasteiger partial charge in [-0.15, -0.1) is 0 Å². The minimum Gasteiger partial charge on any atom is -0.443 e. The van der Waals surface area contributed by atoms with Crippen molar-refractivity contribution in [2.24, 2.45) is 5.92 Å². The number of allylic oxidation sites excluding steroid dienone is 1. The maximum Gasteiger partial charge on any atom is 0.415 e. The molecular weight excluding hydrogens is 298 g/mol.